The summed E-state index contributed by atoms with van der Waals surface area (Å²) < 4.78 is 11.0. The standard InChI is InChI=1S/C15H20BrNO4/c1-11(21-13-8-6-12(16)7-9-13)15(19)17-10-4-3-5-14(18)20-2/h6-9,11H,3-5,10H2,1-2H3,(H,17,19). The van der Waals surface area contributed by atoms with Gasteiger partial charge in [0.05, 0.1) is 7.11 Å². The molecule has 0 bridgehead atoms. The number of hydrogen-bond acceptors (Lipinski definition) is 4. The molecule has 0 spiro atoms. The van der Waals surface area contributed by atoms with Crippen molar-refractivity contribution >= 4 is 27.8 Å². The highest BCUT2D eigenvalue weighted by Crippen LogP contribution is 2.17. The number of benzene rings is 1. The Morgan fingerprint density at radius 2 is 1.90 bits per heavy atom. The van der Waals surface area contributed by atoms with Crippen molar-refractivity contribution in [1.29, 1.82) is 0 Å². The fraction of sp³-hybridized carbons (Fsp3) is 0.467. The van der Waals surface area contributed by atoms with Gasteiger partial charge in [0.25, 0.3) is 5.91 Å². The van der Waals surface area contributed by atoms with Gasteiger partial charge < -0.3 is 14.8 Å². The van der Waals surface area contributed by atoms with Gasteiger partial charge in [-0.1, -0.05) is 15.9 Å². The smallest absolute Gasteiger partial charge is 0.305 e. The molecule has 1 N–H and O–H groups in total. The van der Waals surface area contributed by atoms with Crippen LogP contribution in [0.5, 0.6) is 5.75 Å². The zero-order valence-corrected chi connectivity index (χ0v) is 13.8. The van der Waals surface area contributed by atoms with Crippen molar-refractivity contribution in [2.75, 3.05) is 13.7 Å². The van der Waals surface area contributed by atoms with Crippen LogP contribution in [0.1, 0.15) is 26.2 Å². The lowest BCUT2D eigenvalue weighted by Gasteiger charge is -2.14. The molecule has 1 unspecified atom stereocenters. The Kier molecular flexibility index (Phi) is 7.82. The number of methoxy groups -OCH3 is 1. The average molecular weight is 358 g/mol. The zero-order chi connectivity index (χ0) is 15.7. The summed E-state index contributed by atoms with van der Waals surface area (Å²) in [5.41, 5.74) is 0. The number of unbranched alkanes of at least 4 members (excludes halogenated alkanes) is 1. The van der Waals surface area contributed by atoms with Crippen molar-refractivity contribution in [2.45, 2.75) is 32.3 Å². The van der Waals surface area contributed by atoms with Gasteiger partial charge in [-0.3, -0.25) is 9.59 Å². The topological polar surface area (TPSA) is 64.6 Å². The fourth-order valence-electron chi connectivity index (χ4n) is 1.62. The Labute approximate surface area is 133 Å². The molecule has 1 amide bonds. The summed E-state index contributed by atoms with van der Waals surface area (Å²) in [7, 11) is 1.37. The van der Waals surface area contributed by atoms with Crippen molar-refractivity contribution in [3.8, 4) is 5.75 Å². The number of carbonyl (C=O) groups excluding carboxylic acids is 2. The quantitative estimate of drug-likeness (QED) is 0.573. The van der Waals surface area contributed by atoms with E-state index in [1.807, 2.05) is 12.1 Å². The van der Waals surface area contributed by atoms with Gasteiger partial charge in [-0.25, -0.2) is 0 Å². The van der Waals surface area contributed by atoms with Crippen molar-refractivity contribution < 1.29 is 19.1 Å². The SMILES string of the molecule is COC(=O)CCCCNC(=O)C(C)Oc1ccc(Br)cc1. The van der Waals surface area contributed by atoms with E-state index in [4.69, 9.17) is 4.74 Å². The molecule has 5 nitrogen and oxygen atoms in total. The van der Waals surface area contributed by atoms with Gasteiger partial charge >= 0.3 is 5.97 Å². The molecule has 0 aromatic heterocycles. The highest BCUT2D eigenvalue weighted by Gasteiger charge is 2.13. The lowest BCUT2D eigenvalue weighted by atomic mass is 10.2. The summed E-state index contributed by atoms with van der Waals surface area (Å²) in [5, 5.41) is 2.78. The number of nitrogens with one attached hydrogen (secondary N) is 1. The minimum Gasteiger partial charge on any atom is -0.481 e. The van der Waals surface area contributed by atoms with E-state index >= 15 is 0 Å². The Morgan fingerprint density at radius 1 is 1.24 bits per heavy atom. The molecule has 1 aromatic rings. The van der Waals surface area contributed by atoms with Gasteiger partial charge in [0.2, 0.25) is 0 Å². The Hall–Kier alpha value is -1.56. The Morgan fingerprint density at radius 3 is 2.52 bits per heavy atom. The second-order valence-electron chi connectivity index (χ2n) is 4.54. The molecule has 1 rings (SSSR count). The van der Waals surface area contributed by atoms with Crippen molar-refractivity contribution in [1.82, 2.24) is 5.32 Å². The molecule has 0 saturated carbocycles. The maximum absolute atomic E-state index is 11.8. The Balaban J connectivity index is 2.22. The third-order valence-electron chi connectivity index (χ3n) is 2.83. The van der Waals surface area contributed by atoms with E-state index in [1.165, 1.54) is 7.11 Å². The fourth-order valence-corrected chi connectivity index (χ4v) is 1.89. The number of esters is 1. The monoisotopic (exact) mass is 357 g/mol. The number of hydrogen-bond donors (Lipinski definition) is 1. The summed E-state index contributed by atoms with van der Waals surface area (Å²) in [4.78, 5) is 22.7. The molecular weight excluding hydrogens is 338 g/mol. The second-order valence-corrected chi connectivity index (χ2v) is 5.45. The van der Waals surface area contributed by atoms with Gasteiger partial charge in [-0.15, -0.1) is 0 Å². The second kappa shape index (κ2) is 9.39. The third-order valence-corrected chi connectivity index (χ3v) is 3.36. The molecule has 0 fully saturated rings. The molecule has 0 saturated heterocycles. The van der Waals surface area contributed by atoms with Crippen LogP contribution in [-0.2, 0) is 14.3 Å². The number of carbonyl (C=O) groups is 2. The molecule has 21 heavy (non-hydrogen) atoms. The van der Waals surface area contributed by atoms with Crippen LogP contribution < -0.4 is 10.1 Å². The van der Waals surface area contributed by atoms with Crippen LogP contribution in [0.15, 0.2) is 28.7 Å². The van der Waals surface area contributed by atoms with Crippen LogP contribution in [0.4, 0.5) is 0 Å². The lowest BCUT2D eigenvalue weighted by molar-refractivity contribution is -0.140. The van der Waals surface area contributed by atoms with E-state index in [0.717, 1.165) is 10.9 Å². The highest BCUT2D eigenvalue weighted by molar-refractivity contribution is 9.10. The molecule has 1 aromatic carbocycles. The molecule has 0 radical (unpaired) electrons. The van der Waals surface area contributed by atoms with Crippen molar-refractivity contribution in [3.05, 3.63) is 28.7 Å². The van der Waals surface area contributed by atoms with E-state index in [1.54, 1.807) is 19.1 Å². The molecule has 0 aliphatic heterocycles. The Bertz CT molecular complexity index is 461. The predicted molar refractivity (Wildman–Crippen MR) is 83.1 cm³/mol. The minimum absolute atomic E-state index is 0.170. The number of rotatable bonds is 8. The first-order valence-corrected chi connectivity index (χ1v) is 7.59. The molecular formula is C15H20BrNO4. The first-order valence-electron chi connectivity index (χ1n) is 6.79. The van der Waals surface area contributed by atoms with E-state index in [9.17, 15) is 9.59 Å². The van der Waals surface area contributed by atoms with Gasteiger partial charge in [0.1, 0.15) is 5.75 Å². The van der Waals surface area contributed by atoms with Crippen LogP contribution in [0.25, 0.3) is 0 Å². The number of ether oxygens (including phenoxy) is 2. The first kappa shape index (κ1) is 17.5. The van der Waals surface area contributed by atoms with E-state index in [-0.39, 0.29) is 11.9 Å². The van der Waals surface area contributed by atoms with E-state index in [2.05, 4.69) is 26.0 Å². The van der Waals surface area contributed by atoms with Crippen LogP contribution in [0.2, 0.25) is 0 Å². The normalized spacial score (nSPS) is 11.6. The number of amides is 1. The molecule has 6 heteroatoms. The largest absolute Gasteiger partial charge is 0.481 e. The van der Waals surface area contributed by atoms with Gasteiger partial charge in [-0.2, -0.15) is 0 Å². The molecule has 116 valence electrons. The van der Waals surface area contributed by atoms with Gasteiger partial charge in [0.15, 0.2) is 6.10 Å². The average Bonchev–Trinajstić information content (AvgIpc) is 2.48. The third kappa shape index (κ3) is 7.13. The summed E-state index contributed by atoms with van der Waals surface area (Å²) in [6.45, 7) is 2.22. The zero-order valence-electron chi connectivity index (χ0n) is 12.2. The maximum Gasteiger partial charge on any atom is 0.305 e. The van der Waals surface area contributed by atoms with Gasteiger partial charge in [0, 0.05) is 17.4 Å². The van der Waals surface area contributed by atoms with Gasteiger partial charge in [-0.05, 0) is 44.0 Å². The highest BCUT2D eigenvalue weighted by atomic mass is 79.9. The molecule has 0 aliphatic carbocycles. The van der Waals surface area contributed by atoms with Crippen LogP contribution in [0.3, 0.4) is 0 Å². The first-order chi connectivity index (χ1) is 10.0. The van der Waals surface area contributed by atoms with E-state index < -0.39 is 6.10 Å². The predicted octanol–water partition coefficient (Wildman–Crippen LogP) is 2.68. The molecule has 0 heterocycles. The van der Waals surface area contributed by atoms with Crippen molar-refractivity contribution in [2.24, 2.45) is 0 Å². The van der Waals surface area contributed by atoms with Crippen LogP contribution >= 0.6 is 15.9 Å². The summed E-state index contributed by atoms with van der Waals surface area (Å²) in [6, 6.07) is 7.30. The number of halogens is 1. The lowest BCUT2D eigenvalue weighted by Crippen LogP contribution is -2.36. The molecule has 0 aliphatic rings. The van der Waals surface area contributed by atoms with Crippen LogP contribution in [0, 0.1) is 0 Å². The van der Waals surface area contributed by atoms with Crippen LogP contribution in [-0.4, -0.2) is 31.6 Å². The minimum atomic E-state index is -0.563. The van der Waals surface area contributed by atoms with Crippen molar-refractivity contribution in [3.63, 3.8) is 0 Å². The summed E-state index contributed by atoms with van der Waals surface area (Å²) in [5.74, 6) is 0.246. The summed E-state index contributed by atoms with van der Waals surface area (Å²) in [6.07, 6.45) is 1.23. The summed E-state index contributed by atoms with van der Waals surface area (Å²) >= 11 is 3.34. The molecule has 1 atom stereocenters. The maximum atomic E-state index is 11.8. The van der Waals surface area contributed by atoms with E-state index in [0.29, 0.717) is 25.1 Å².